The van der Waals surface area contributed by atoms with Crippen LogP contribution in [0.25, 0.3) is 21.9 Å². The summed E-state index contributed by atoms with van der Waals surface area (Å²) in [7, 11) is 0. The van der Waals surface area contributed by atoms with Crippen LogP contribution in [0.4, 0.5) is 0 Å². The average molecular weight is 370 g/mol. The Labute approximate surface area is 163 Å². The van der Waals surface area contributed by atoms with Crippen LogP contribution < -0.4 is 0 Å². The van der Waals surface area contributed by atoms with E-state index in [2.05, 4.69) is 12.1 Å². The molecule has 140 valence electrons. The van der Waals surface area contributed by atoms with E-state index in [4.69, 9.17) is 18.8 Å². The normalized spacial score (nSPS) is 20.7. The second-order valence-corrected chi connectivity index (χ2v) is 7.35. The lowest BCUT2D eigenvalue weighted by molar-refractivity contribution is 0.389. The molecule has 1 saturated carbocycles. The molecule has 1 aliphatic rings. The monoisotopic (exact) mass is 370 g/mol. The van der Waals surface area contributed by atoms with E-state index >= 15 is 0 Å². The van der Waals surface area contributed by atoms with E-state index in [-0.39, 0.29) is 12.1 Å². The van der Waals surface area contributed by atoms with Crippen LogP contribution in [-0.4, -0.2) is 24.5 Å². The molecule has 28 heavy (non-hydrogen) atoms. The molecule has 1 aliphatic carbocycles. The van der Waals surface area contributed by atoms with E-state index in [0.29, 0.717) is 0 Å². The lowest BCUT2D eigenvalue weighted by Gasteiger charge is -2.25. The molecule has 4 heteroatoms. The third kappa shape index (κ3) is 3.50. The van der Waals surface area contributed by atoms with Crippen LogP contribution >= 0.6 is 0 Å². The van der Waals surface area contributed by atoms with Gasteiger partial charge in [-0.25, -0.2) is 0 Å². The highest BCUT2D eigenvalue weighted by molar-refractivity contribution is 5.87. The Morgan fingerprint density at radius 2 is 1.14 bits per heavy atom. The number of hydrogen-bond donors (Lipinski definition) is 0. The van der Waals surface area contributed by atoms with Gasteiger partial charge in [0.25, 0.3) is 0 Å². The second-order valence-electron chi connectivity index (χ2n) is 7.35. The fourth-order valence-corrected chi connectivity index (χ4v) is 3.91. The minimum Gasteiger partial charge on any atom is -0.455 e. The zero-order valence-electron chi connectivity index (χ0n) is 15.6. The highest BCUT2D eigenvalue weighted by Crippen LogP contribution is 2.25. The summed E-state index contributed by atoms with van der Waals surface area (Å²) in [4.78, 5) is 9.64. The molecule has 0 N–H and O–H groups in total. The van der Waals surface area contributed by atoms with Gasteiger partial charge in [-0.05, 0) is 37.1 Å². The molecule has 0 aliphatic heterocycles. The summed E-state index contributed by atoms with van der Waals surface area (Å²) in [5, 5.41) is 2.21. The Morgan fingerprint density at radius 3 is 1.61 bits per heavy atom. The van der Waals surface area contributed by atoms with Gasteiger partial charge in [-0.3, -0.25) is 9.98 Å². The molecule has 2 atom stereocenters. The van der Waals surface area contributed by atoms with Crippen molar-refractivity contribution in [2.24, 2.45) is 9.98 Å². The van der Waals surface area contributed by atoms with Gasteiger partial charge in [0, 0.05) is 10.8 Å². The van der Waals surface area contributed by atoms with Crippen molar-refractivity contribution in [2.75, 3.05) is 0 Å². The maximum Gasteiger partial charge on any atom is 0.145 e. The van der Waals surface area contributed by atoms with E-state index in [9.17, 15) is 0 Å². The zero-order valence-corrected chi connectivity index (χ0v) is 15.6. The molecular formula is C24H22N2O2. The number of nitrogens with zero attached hydrogens (tertiary/aromatic N) is 2. The number of fused-ring (bicyclic) bond motifs is 2. The fourth-order valence-electron chi connectivity index (χ4n) is 3.91. The molecule has 0 spiro atoms. The molecule has 4 aromatic rings. The standard InChI is InChI=1S/C24H22N2O2/c1-5-11-23-17(7-1)13-19(27-23)15-25-21-9-3-4-10-22(21)26-16-20-14-18-8-2-6-12-24(18)28-20/h1-2,5-8,11-16,21-22H,3-4,9-10H2/t21-,22-/m1/s1. The molecule has 4 nitrogen and oxygen atoms in total. The molecule has 5 rings (SSSR count). The van der Waals surface area contributed by atoms with Crippen molar-refractivity contribution in [2.45, 2.75) is 37.8 Å². The van der Waals surface area contributed by atoms with E-state index < -0.39 is 0 Å². The van der Waals surface area contributed by atoms with Gasteiger partial charge in [-0.1, -0.05) is 49.2 Å². The zero-order chi connectivity index (χ0) is 18.8. The summed E-state index contributed by atoms with van der Waals surface area (Å²) in [5.41, 5.74) is 1.79. The summed E-state index contributed by atoms with van der Waals surface area (Å²) in [6.45, 7) is 0. The van der Waals surface area contributed by atoms with Gasteiger partial charge < -0.3 is 8.83 Å². The predicted molar refractivity (Wildman–Crippen MR) is 114 cm³/mol. The van der Waals surface area contributed by atoms with Crippen molar-refractivity contribution in [1.82, 2.24) is 0 Å². The van der Waals surface area contributed by atoms with Gasteiger partial charge in [-0.15, -0.1) is 0 Å². The molecule has 0 radical (unpaired) electrons. The second kappa shape index (κ2) is 7.47. The van der Waals surface area contributed by atoms with E-state index in [1.807, 2.05) is 61.0 Å². The molecular weight excluding hydrogens is 348 g/mol. The highest BCUT2D eigenvalue weighted by atomic mass is 16.3. The molecule has 2 aromatic carbocycles. The third-order valence-electron chi connectivity index (χ3n) is 5.37. The maximum absolute atomic E-state index is 5.85. The van der Waals surface area contributed by atoms with Gasteiger partial charge in [0.2, 0.25) is 0 Å². The third-order valence-corrected chi connectivity index (χ3v) is 5.37. The highest BCUT2D eigenvalue weighted by Gasteiger charge is 2.23. The molecule has 2 heterocycles. The average Bonchev–Trinajstić information content (AvgIpc) is 3.34. The Morgan fingerprint density at radius 1 is 0.679 bits per heavy atom. The van der Waals surface area contributed by atoms with Crippen molar-refractivity contribution in [3.63, 3.8) is 0 Å². The number of furan rings is 2. The first-order chi connectivity index (χ1) is 13.8. The fraction of sp³-hybridized carbons (Fsp3) is 0.250. The van der Waals surface area contributed by atoms with Crippen molar-refractivity contribution in [3.8, 4) is 0 Å². The molecule has 0 bridgehead atoms. The smallest absolute Gasteiger partial charge is 0.145 e. The first-order valence-corrected chi connectivity index (χ1v) is 9.89. The predicted octanol–water partition coefficient (Wildman–Crippen LogP) is 6.03. The van der Waals surface area contributed by atoms with Crippen LogP contribution in [0.3, 0.4) is 0 Å². The lowest BCUT2D eigenvalue weighted by Crippen LogP contribution is -2.27. The van der Waals surface area contributed by atoms with Crippen molar-refractivity contribution in [3.05, 3.63) is 72.2 Å². The SMILES string of the molecule is C(=N[C@@H]1CCCC[C@H]1N=Cc1cc2ccccc2o1)c1cc2ccccc2o1. The Hall–Kier alpha value is -3.14. The summed E-state index contributed by atoms with van der Waals surface area (Å²) in [6.07, 6.45) is 8.22. The topological polar surface area (TPSA) is 51.0 Å². The van der Waals surface area contributed by atoms with Crippen LogP contribution in [0, 0.1) is 0 Å². The lowest BCUT2D eigenvalue weighted by atomic mass is 9.91. The minimum atomic E-state index is 0.183. The van der Waals surface area contributed by atoms with E-state index in [0.717, 1.165) is 46.3 Å². The van der Waals surface area contributed by atoms with Crippen molar-refractivity contribution >= 4 is 34.4 Å². The molecule has 0 saturated heterocycles. The number of para-hydroxylation sites is 2. The quantitative estimate of drug-likeness (QED) is 0.412. The molecule has 0 amide bonds. The number of hydrogen-bond acceptors (Lipinski definition) is 4. The Balaban J connectivity index is 1.34. The largest absolute Gasteiger partial charge is 0.455 e. The Bertz CT molecular complexity index is 994. The summed E-state index contributed by atoms with van der Waals surface area (Å²) < 4.78 is 11.7. The summed E-state index contributed by atoms with van der Waals surface area (Å²) in [5.74, 6) is 1.60. The minimum absolute atomic E-state index is 0.183. The van der Waals surface area contributed by atoms with Crippen LogP contribution in [0.5, 0.6) is 0 Å². The van der Waals surface area contributed by atoms with Gasteiger partial charge in [0.15, 0.2) is 0 Å². The first kappa shape index (κ1) is 17.0. The van der Waals surface area contributed by atoms with Crippen LogP contribution in [-0.2, 0) is 0 Å². The van der Waals surface area contributed by atoms with Gasteiger partial charge in [0.1, 0.15) is 22.7 Å². The van der Waals surface area contributed by atoms with Crippen LogP contribution in [0.2, 0.25) is 0 Å². The van der Waals surface area contributed by atoms with Gasteiger partial charge in [0.05, 0.1) is 24.5 Å². The molecule has 2 aromatic heterocycles. The molecule has 1 fully saturated rings. The van der Waals surface area contributed by atoms with Crippen molar-refractivity contribution in [1.29, 1.82) is 0 Å². The van der Waals surface area contributed by atoms with Crippen LogP contribution in [0.1, 0.15) is 37.2 Å². The van der Waals surface area contributed by atoms with Gasteiger partial charge >= 0.3 is 0 Å². The summed E-state index contributed by atoms with van der Waals surface area (Å²) in [6, 6.07) is 20.5. The number of aliphatic imine (C=N–C) groups is 2. The van der Waals surface area contributed by atoms with Crippen LogP contribution in [0.15, 0.2) is 79.5 Å². The van der Waals surface area contributed by atoms with Gasteiger partial charge in [-0.2, -0.15) is 0 Å². The van der Waals surface area contributed by atoms with Crippen molar-refractivity contribution < 1.29 is 8.83 Å². The maximum atomic E-state index is 5.85. The van der Waals surface area contributed by atoms with E-state index in [1.165, 1.54) is 12.8 Å². The molecule has 0 unspecified atom stereocenters. The first-order valence-electron chi connectivity index (χ1n) is 9.89. The number of rotatable bonds is 4. The summed E-state index contributed by atoms with van der Waals surface area (Å²) >= 11 is 0. The van der Waals surface area contributed by atoms with E-state index in [1.54, 1.807) is 0 Å². The number of benzene rings is 2. The Kier molecular flexibility index (Phi) is 4.53.